The quantitative estimate of drug-likeness (QED) is 0.700. The summed E-state index contributed by atoms with van der Waals surface area (Å²) in [5, 5.41) is 7.54. The molecule has 1 heterocycles. The second kappa shape index (κ2) is 3.64. The zero-order valence-corrected chi connectivity index (χ0v) is 7.90. The molecule has 0 spiro atoms. The summed E-state index contributed by atoms with van der Waals surface area (Å²) in [6, 6.07) is 0.498. The zero-order valence-electron chi connectivity index (χ0n) is 7.90. The summed E-state index contributed by atoms with van der Waals surface area (Å²) >= 11 is 0. The highest BCUT2D eigenvalue weighted by Gasteiger charge is 2.07. The molecular weight excluding hydrogens is 162 g/mol. The Kier molecular flexibility index (Phi) is 2.34. The molecule has 1 aliphatic carbocycles. The Labute approximate surface area is 78.4 Å². The van der Waals surface area contributed by atoms with Crippen LogP contribution in [0.1, 0.15) is 19.3 Å². The first kappa shape index (κ1) is 8.35. The Morgan fingerprint density at radius 2 is 2.54 bits per heavy atom. The van der Waals surface area contributed by atoms with Crippen LogP contribution in [0.3, 0.4) is 0 Å². The second-order valence-electron chi connectivity index (χ2n) is 3.51. The molecule has 1 aliphatic rings. The van der Waals surface area contributed by atoms with Crippen LogP contribution in [0.2, 0.25) is 0 Å². The van der Waals surface area contributed by atoms with Crippen molar-refractivity contribution in [2.24, 2.45) is 7.05 Å². The van der Waals surface area contributed by atoms with Crippen LogP contribution >= 0.6 is 0 Å². The number of anilines is 1. The fourth-order valence-corrected chi connectivity index (χ4v) is 1.64. The third kappa shape index (κ3) is 2.11. The number of rotatable bonds is 2. The van der Waals surface area contributed by atoms with Gasteiger partial charge in [0.25, 0.3) is 0 Å². The van der Waals surface area contributed by atoms with Gasteiger partial charge >= 0.3 is 0 Å². The molecule has 3 heteroatoms. The molecule has 0 radical (unpaired) electrons. The van der Waals surface area contributed by atoms with Gasteiger partial charge in [0.1, 0.15) is 0 Å². The molecule has 1 aromatic rings. The van der Waals surface area contributed by atoms with Gasteiger partial charge in [-0.3, -0.25) is 4.68 Å². The van der Waals surface area contributed by atoms with E-state index in [1.165, 1.54) is 19.3 Å². The van der Waals surface area contributed by atoms with Gasteiger partial charge in [-0.15, -0.1) is 0 Å². The van der Waals surface area contributed by atoms with Crippen molar-refractivity contribution < 1.29 is 0 Å². The first-order chi connectivity index (χ1) is 6.34. The van der Waals surface area contributed by atoms with Crippen molar-refractivity contribution in [1.29, 1.82) is 0 Å². The zero-order chi connectivity index (χ0) is 9.10. The van der Waals surface area contributed by atoms with Crippen molar-refractivity contribution in [1.82, 2.24) is 9.78 Å². The molecule has 0 amide bonds. The van der Waals surface area contributed by atoms with Crippen molar-refractivity contribution >= 4 is 5.69 Å². The summed E-state index contributed by atoms with van der Waals surface area (Å²) < 4.78 is 1.81. The molecule has 1 unspecified atom stereocenters. The van der Waals surface area contributed by atoms with E-state index in [2.05, 4.69) is 22.6 Å². The molecule has 3 nitrogen and oxygen atoms in total. The molecule has 0 aliphatic heterocycles. The van der Waals surface area contributed by atoms with E-state index in [1.54, 1.807) is 0 Å². The second-order valence-corrected chi connectivity index (χ2v) is 3.51. The number of aromatic nitrogens is 2. The number of hydrogen-bond donors (Lipinski definition) is 1. The Bertz CT molecular complexity index is 301. The van der Waals surface area contributed by atoms with Crippen molar-refractivity contribution in [3.8, 4) is 0 Å². The minimum Gasteiger partial charge on any atom is -0.376 e. The van der Waals surface area contributed by atoms with E-state index in [0.717, 1.165) is 5.69 Å². The highest BCUT2D eigenvalue weighted by atomic mass is 15.3. The SMILES string of the molecule is Cn1cc(NC2C=CCCC2)cn1. The lowest BCUT2D eigenvalue weighted by molar-refractivity contribution is 0.673. The highest BCUT2D eigenvalue weighted by molar-refractivity contribution is 5.40. The Balaban J connectivity index is 1.97. The molecular formula is C10H15N3. The monoisotopic (exact) mass is 177 g/mol. The third-order valence-corrected chi connectivity index (χ3v) is 2.31. The fourth-order valence-electron chi connectivity index (χ4n) is 1.64. The Morgan fingerprint density at radius 3 is 3.15 bits per heavy atom. The lowest BCUT2D eigenvalue weighted by atomic mass is 10.0. The molecule has 0 saturated heterocycles. The molecule has 0 fully saturated rings. The maximum absolute atomic E-state index is 4.11. The van der Waals surface area contributed by atoms with E-state index in [-0.39, 0.29) is 0 Å². The predicted octanol–water partition coefficient (Wildman–Crippen LogP) is 1.94. The van der Waals surface area contributed by atoms with Crippen LogP contribution in [0.15, 0.2) is 24.5 Å². The first-order valence-corrected chi connectivity index (χ1v) is 4.76. The normalized spacial score (nSPS) is 21.8. The van der Waals surface area contributed by atoms with E-state index < -0.39 is 0 Å². The van der Waals surface area contributed by atoms with Gasteiger partial charge in [0.15, 0.2) is 0 Å². The Hall–Kier alpha value is -1.25. The molecule has 1 atom stereocenters. The molecule has 13 heavy (non-hydrogen) atoms. The minimum absolute atomic E-state index is 0.498. The fraction of sp³-hybridized carbons (Fsp3) is 0.500. The summed E-state index contributed by atoms with van der Waals surface area (Å²) in [7, 11) is 1.93. The highest BCUT2D eigenvalue weighted by Crippen LogP contribution is 2.15. The van der Waals surface area contributed by atoms with E-state index in [0.29, 0.717) is 6.04 Å². The van der Waals surface area contributed by atoms with Crippen molar-refractivity contribution in [3.63, 3.8) is 0 Å². The molecule has 0 saturated carbocycles. The van der Waals surface area contributed by atoms with Crippen LogP contribution in [0, 0.1) is 0 Å². The van der Waals surface area contributed by atoms with Gasteiger partial charge in [0.05, 0.1) is 11.9 Å². The summed E-state index contributed by atoms with van der Waals surface area (Å²) in [6.45, 7) is 0. The number of aryl methyl sites for hydroxylation is 1. The van der Waals surface area contributed by atoms with Crippen LogP contribution in [0.5, 0.6) is 0 Å². The third-order valence-electron chi connectivity index (χ3n) is 2.31. The van der Waals surface area contributed by atoms with Crippen LogP contribution in [-0.4, -0.2) is 15.8 Å². The van der Waals surface area contributed by atoms with Crippen LogP contribution in [0.4, 0.5) is 5.69 Å². The summed E-state index contributed by atoms with van der Waals surface area (Å²) in [5.74, 6) is 0. The van der Waals surface area contributed by atoms with Gasteiger partial charge in [0, 0.05) is 19.3 Å². The van der Waals surface area contributed by atoms with Crippen molar-refractivity contribution in [2.45, 2.75) is 25.3 Å². The van der Waals surface area contributed by atoms with E-state index in [1.807, 2.05) is 24.1 Å². The molecule has 0 bridgehead atoms. The van der Waals surface area contributed by atoms with E-state index in [9.17, 15) is 0 Å². The molecule has 2 rings (SSSR count). The first-order valence-electron chi connectivity index (χ1n) is 4.76. The van der Waals surface area contributed by atoms with E-state index in [4.69, 9.17) is 0 Å². The van der Waals surface area contributed by atoms with Crippen LogP contribution in [0.25, 0.3) is 0 Å². The molecule has 70 valence electrons. The minimum atomic E-state index is 0.498. The van der Waals surface area contributed by atoms with Crippen LogP contribution in [-0.2, 0) is 7.05 Å². The van der Waals surface area contributed by atoms with E-state index >= 15 is 0 Å². The number of nitrogens with one attached hydrogen (secondary N) is 1. The largest absolute Gasteiger partial charge is 0.376 e. The van der Waals surface area contributed by atoms with Gasteiger partial charge in [0.2, 0.25) is 0 Å². The van der Waals surface area contributed by atoms with Gasteiger partial charge < -0.3 is 5.32 Å². The van der Waals surface area contributed by atoms with Crippen molar-refractivity contribution in [2.75, 3.05) is 5.32 Å². The lowest BCUT2D eigenvalue weighted by Crippen LogP contribution is -2.18. The number of allylic oxidation sites excluding steroid dienone is 1. The molecule has 0 aromatic carbocycles. The standard InChI is InChI=1S/C10H15N3/c1-13-8-10(7-11-13)12-9-5-3-2-4-6-9/h3,5,7-9,12H,2,4,6H2,1H3. The van der Waals surface area contributed by atoms with Crippen LogP contribution < -0.4 is 5.32 Å². The average Bonchev–Trinajstić information content (AvgIpc) is 2.53. The summed E-state index contributed by atoms with van der Waals surface area (Å²) in [6.07, 6.45) is 12.1. The van der Waals surface area contributed by atoms with Gasteiger partial charge in [-0.05, 0) is 19.3 Å². The van der Waals surface area contributed by atoms with Gasteiger partial charge in [-0.25, -0.2) is 0 Å². The smallest absolute Gasteiger partial charge is 0.0730 e. The topological polar surface area (TPSA) is 29.9 Å². The number of hydrogen-bond acceptors (Lipinski definition) is 2. The average molecular weight is 177 g/mol. The van der Waals surface area contributed by atoms with Gasteiger partial charge in [-0.2, -0.15) is 5.10 Å². The lowest BCUT2D eigenvalue weighted by Gasteiger charge is -2.17. The maximum atomic E-state index is 4.11. The summed E-state index contributed by atoms with van der Waals surface area (Å²) in [5.41, 5.74) is 1.11. The summed E-state index contributed by atoms with van der Waals surface area (Å²) in [4.78, 5) is 0. The van der Waals surface area contributed by atoms with Gasteiger partial charge in [-0.1, -0.05) is 12.2 Å². The number of nitrogens with zero attached hydrogens (tertiary/aromatic N) is 2. The maximum Gasteiger partial charge on any atom is 0.0730 e. The molecule has 1 N–H and O–H groups in total. The van der Waals surface area contributed by atoms with Crippen molar-refractivity contribution in [3.05, 3.63) is 24.5 Å². The Morgan fingerprint density at radius 1 is 1.62 bits per heavy atom. The predicted molar refractivity (Wildman–Crippen MR) is 53.6 cm³/mol. The molecule has 1 aromatic heterocycles.